The normalized spacial score (nSPS) is 16.9. The molecule has 1 fully saturated rings. The van der Waals surface area contributed by atoms with E-state index in [4.69, 9.17) is 4.52 Å². The minimum absolute atomic E-state index is 0.0829. The van der Waals surface area contributed by atoms with Crippen molar-refractivity contribution in [2.45, 2.75) is 51.6 Å². The molecule has 1 aromatic carbocycles. The lowest BCUT2D eigenvalue weighted by Crippen LogP contribution is -2.28. The van der Waals surface area contributed by atoms with Gasteiger partial charge in [0.15, 0.2) is 11.5 Å². The molecule has 10 nitrogen and oxygen atoms in total. The van der Waals surface area contributed by atoms with Gasteiger partial charge in [-0.05, 0) is 43.1 Å². The molecular formula is C25H29FN8O2. The third-order valence-corrected chi connectivity index (χ3v) is 6.26. The molecule has 0 radical (unpaired) electrons. The van der Waals surface area contributed by atoms with Crippen molar-refractivity contribution in [3.8, 4) is 11.1 Å². The number of aromatic nitrogens is 5. The monoisotopic (exact) mass is 492 g/mol. The lowest BCUT2D eigenvalue weighted by atomic mass is 9.97. The van der Waals surface area contributed by atoms with Gasteiger partial charge in [-0.25, -0.2) is 9.37 Å². The van der Waals surface area contributed by atoms with Crippen LogP contribution in [0.4, 0.5) is 10.2 Å². The highest BCUT2D eigenvalue weighted by Crippen LogP contribution is 2.33. The first kappa shape index (κ1) is 23.9. The number of rotatable bonds is 6. The van der Waals surface area contributed by atoms with Gasteiger partial charge in [0.1, 0.15) is 5.82 Å². The first-order valence-electron chi connectivity index (χ1n) is 12.0. The van der Waals surface area contributed by atoms with Gasteiger partial charge in [0, 0.05) is 29.8 Å². The molecule has 1 amide bonds. The number of nitrogens with zero attached hydrogens (tertiary/aromatic N) is 4. The number of carbonyl (C=O) groups is 1. The number of amides is 1. The number of carbonyl (C=O) groups excluding carboxylic acids is 1. The van der Waals surface area contributed by atoms with Crippen LogP contribution in [0.3, 0.4) is 0 Å². The summed E-state index contributed by atoms with van der Waals surface area (Å²) in [6.45, 7) is 9.25. The molecule has 4 aromatic rings. The Kier molecular flexibility index (Phi) is 6.17. The van der Waals surface area contributed by atoms with Crippen LogP contribution in [0.25, 0.3) is 22.2 Å². The molecule has 0 bridgehead atoms. The van der Waals surface area contributed by atoms with Gasteiger partial charge in [0.25, 0.3) is 11.7 Å². The fourth-order valence-electron chi connectivity index (χ4n) is 4.27. The summed E-state index contributed by atoms with van der Waals surface area (Å²) in [5.74, 6) is 0.00206. The summed E-state index contributed by atoms with van der Waals surface area (Å²) in [6, 6.07) is 6.47. The summed E-state index contributed by atoms with van der Waals surface area (Å²) >= 11 is 0. The van der Waals surface area contributed by atoms with Crippen molar-refractivity contribution >= 4 is 22.8 Å². The van der Waals surface area contributed by atoms with Crippen LogP contribution in [0.1, 0.15) is 62.2 Å². The second-order valence-corrected chi connectivity index (χ2v) is 10.1. The molecule has 4 N–H and O–H groups in total. The number of pyridine rings is 1. The molecule has 1 aliphatic rings. The number of halogens is 1. The molecule has 2 atom stereocenters. The smallest absolute Gasteiger partial charge is 0.293 e. The second-order valence-electron chi connectivity index (χ2n) is 10.1. The van der Waals surface area contributed by atoms with Crippen molar-refractivity contribution in [1.29, 1.82) is 0 Å². The predicted octanol–water partition coefficient (Wildman–Crippen LogP) is 3.71. The van der Waals surface area contributed by atoms with E-state index in [-0.39, 0.29) is 17.3 Å². The highest BCUT2D eigenvalue weighted by atomic mass is 19.1. The zero-order valence-electron chi connectivity index (χ0n) is 20.6. The number of H-pyrrole nitrogens is 1. The van der Waals surface area contributed by atoms with Gasteiger partial charge in [-0.1, -0.05) is 38.1 Å². The molecule has 0 spiro atoms. The van der Waals surface area contributed by atoms with E-state index in [1.165, 1.54) is 6.07 Å². The number of hydrogen-bond donors (Lipinski definition) is 4. The fourth-order valence-corrected chi connectivity index (χ4v) is 4.27. The SMILES string of the molecule is C[C@H](NC(=O)c1noc(C(C)(C)C)n1)c1ccc(-c2ccnc3[nH]nc(NC4CCNC4)c23)cc1F. The molecule has 0 aliphatic carbocycles. The molecular weight excluding hydrogens is 463 g/mol. The maximum absolute atomic E-state index is 15.3. The third-order valence-electron chi connectivity index (χ3n) is 6.26. The van der Waals surface area contributed by atoms with Gasteiger partial charge in [-0.3, -0.25) is 9.89 Å². The molecule has 188 valence electrons. The molecule has 1 aliphatic heterocycles. The van der Waals surface area contributed by atoms with Gasteiger partial charge in [-0.15, -0.1) is 0 Å². The van der Waals surface area contributed by atoms with E-state index in [2.05, 4.69) is 41.3 Å². The first-order valence-corrected chi connectivity index (χ1v) is 12.0. The zero-order chi connectivity index (χ0) is 25.4. The molecule has 1 unspecified atom stereocenters. The summed E-state index contributed by atoms with van der Waals surface area (Å²) in [4.78, 5) is 21.2. The third kappa shape index (κ3) is 4.66. The molecule has 3 aromatic heterocycles. The average molecular weight is 493 g/mol. The largest absolute Gasteiger partial charge is 0.364 e. The van der Waals surface area contributed by atoms with Crippen LogP contribution in [-0.4, -0.2) is 50.4 Å². The first-order chi connectivity index (χ1) is 17.2. The zero-order valence-corrected chi connectivity index (χ0v) is 20.6. The van der Waals surface area contributed by atoms with Gasteiger partial charge >= 0.3 is 0 Å². The summed E-state index contributed by atoms with van der Waals surface area (Å²) in [5, 5.41) is 21.5. The van der Waals surface area contributed by atoms with E-state index in [0.29, 0.717) is 28.5 Å². The van der Waals surface area contributed by atoms with Gasteiger partial charge in [0.2, 0.25) is 5.89 Å². The van der Waals surface area contributed by atoms with Crippen molar-refractivity contribution in [3.05, 3.63) is 53.6 Å². The quantitative estimate of drug-likeness (QED) is 0.320. The van der Waals surface area contributed by atoms with E-state index in [0.717, 1.165) is 30.5 Å². The number of benzene rings is 1. The Morgan fingerprint density at radius 2 is 2.11 bits per heavy atom. The Bertz CT molecular complexity index is 1400. The minimum atomic E-state index is -0.610. The highest BCUT2D eigenvalue weighted by Gasteiger charge is 2.26. The fraction of sp³-hybridized carbons (Fsp3) is 0.400. The van der Waals surface area contributed by atoms with Crippen LogP contribution in [0, 0.1) is 5.82 Å². The summed E-state index contributed by atoms with van der Waals surface area (Å²) in [5.41, 5.74) is 2.09. The van der Waals surface area contributed by atoms with Crippen molar-refractivity contribution in [2.24, 2.45) is 0 Å². The van der Waals surface area contributed by atoms with Gasteiger partial charge in [-0.2, -0.15) is 10.1 Å². The Morgan fingerprint density at radius 3 is 2.81 bits per heavy atom. The molecule has 11 heteroatoms. The Labute approximate surface area is 207 Å². The number of nitrogens with one attached hydrogen (secondary N) is 4. The maximum atomic E-state index is 15.3. The number of aromatic amines is 1. The van der Waals surface area contributed by atoms with Crippen molar-refractivity contribution in [1.82, 2.24) is 36.0 Å². The van der Waals surface area contributed by atoms with E-state index in [1.54, 1.807) is 19.2 Å². The Morgan fingerprint density at radius 1 is 1.28 bits per heavy atom. The van der Waals surface area contributed by atoms with Crippen LogP contribution in [0.2, 0.25) is 0 Å². The molecule has 0 saturated carbocycles. The topological polar surface area (TPSA) is 134 Å². The maximum Gasteiger partial charge on any atom is 0.293 e. The van der Waals surface area contributed by atoms with E-state index in [1.807, 2.05) is 32.9 Å². The van der Waals surface area contributed by atoms with Crippen LogP contribution in [0.5, 0.6) is 0 Å². The molecule has 36 heavy (non-hydrogen) atoms. The van der Waals surface area contributed by atoms with Gasteiger partial charge < -0.3 is 20.5 Å². The lowest BCUT2D eigenvalue weighted by molar-refractivity contribution is 0.0925. The molecule has 4 heterocycles. The van der Waals surface area contributed by atoms with E-state index < -0.39 is 17.8 Å². The van der Waals surface area contributed by atoms with Crippen molar-refractivity contribution < 1.29 is 13.7 Å². The number of anilines is 1. The van der Waals surface area contributed by atoms with Crippen LogP contribution >= 0.6 is 0 Å². The Balaban J connectivity index is 1.38. The summed E-state index contributed by atoms with van der Waals surface area (Å²) in [7, 11) is 0. The number of fused-ring (bicyclic) bond motifs is 1. The average Bonchev–Trinajstić information content (AvgIpc) is 3.60. The Hall–Kier alpha value is -3.86. The highest BCUT2D eigenvalue weighted by molar-refractivity contribution is 6.00. The lowest BCUT2D eigenvalue weighted by Gasteiger charge is -2.16. The molecule has 1 saturated heterocycles. The molecule has 5 rings (SSSR count). The van der Waals surface area contributed by atoms with Gasteiger partial charge in [0.05, 0.1) is 11.4 Å². The second kappa shape index (κ2) is 9.30. The van der Waals surface area contributed by atoms with Crippen LogP contribution in [0.15, 0.2) is 35.0 Å². The minimum Gasteiger partial charge on any atom is -0.364 e. The van der Waals surface area contributed by atoms with Crippen LogP contribution < -0.4 is 16.0 Å². The number of hydrogen-bond acceptors (Lipinski definition) is 8. The van der Waals surface area contributed by atoms with Crippen LogP contribution in [-0.2, 0) is 5.41 Å². The van der Waals surface area contributed by atoms with Crippen molar-refractivity contribution in [3.63, 3.8) is 0 Å². The summed E-state index contributed by atoms with van der Waals surface area (Å²) in [6.07, 6.45) is 2.67. The van der Waals surface area contributed by atoms with E-state index in [9.17, 15) is 4.79 Å². The summed E-state index contributed by atoms with van der Waals surface area (Å²) < 4.78 is 20.5. The van der Waals surface area contributed by atoms with E-state index >= 15 is 4.39 Å². The predicted molar refractivity (Wildman–Crippen MR) is 133 cm³/mol. The standard InChI is InChI=1S/C25H29FN8O2/c1-13(29-23(35)22-31-24(36-34-22)25(2,3)4)16-6-5-14(11-18(16)26)17-8-10-28-20-19(17)21(33-32-20)30-15-7-9-27-12-15/h5-6,8,10-11,13,15,27H,7,9,12H2,1-4H3,(H,29,35)(H2,28,30,32,33)/t13-,15?/m0/s1. The van der Waals surface area contributed by atoms with Crippen molar-refractivity contribution in [2.75, 3.05) is 18.4 Å².